The highest BCUT2D eigenvalue weighted by atomic mass is 19.3. The Balaban J connectivity index is 1.78. The highest BCUT2D eigenvalue weighted by Crippen LogP contribution is 2.26. The van der Waals surface area contributed by atoms with Gasteiger partial charge in [-0.3, -0.25) is 9.69 Å². The van der Waals surface area contributed by atoms with Crippen molar-refractivity contribution in [3.8, 4) is 0 Å². The molecule has 0 unspecified atom stereocenters. The second kappa shape index (κ2) is 6.18. The Morgan fingerprint density at radius 2 is 1.87 bits per heavy atom. The summed E-state index contributed by atoms with van der Waals surface area (Å²) in [5, 5.41) is 2.45. The number of hydrogen-bond acceptors (Lipinski definition) is 4. The number of nitrogens with zero attached hydrogens (tertiary/aromatic N) is 2. The number of amides is 2. The zero-order valence-corrected chi connectivity index (χ0v) is 13.4. The Morgan fingerprint density at radius 3 is 2.39 bits per heavy atom. The van der Waals surface area contributed by atoms with E-state index in [1.807, 2.05) is 0 Å². The van der Waals surface area contributed by atoms with Gasteiger partial charge in [0.05, 0.1) is 32.2 Å². The highest BCUT2D eigenvalue weighted by molar-refractivity contribution is 5.79. The molecule has 0 bridgehead atoms. The van der Waals surface area contributed by atoms with Crippen LogP contribution in [0.25, 0.3) is 0 Å². The Hall–Kier alpha value is -1.51. The highest BCUT2D eigenvalue weighted by Gasteiger charge is 2.45. The number of rotatable bonds is 3. The van der Waals surface area contributed by atoms with Crippen LogP contribution in [0.1, 0.15) is 20.8 Å². The Labute approximate surface area is 132 Å². The van der Waals surface area contributed by atoms with Crippen molar-refractivity contribution in [1.82, 2.24) is 15.1 Å². The molecule has 6 nitrogen and oxygen atoms in total. The summed E-state index contributed by atoms with van der Waals surface area (Å²) in [7, 11) is 0. The molecule has 132 valence electrons. The number of carbonyl (C=O) groups is 2. The third kappa shape index (κ3) is 4.98. The summed E-state index contributed by atoms with van der Waals surface area (Å²) in [5.41, 5.74) is -0.688. The van der Waals surface area contributed by atoms with E-state index >= 15 is 0 Å². The van der Waals surface area contributed by atoms with Gasteiger partial charge in [0.25, 0.3) is 5.92 Å². The maximum Gasteiger partial charge on any atom is 0.410 e. The van der Waals surface area contributed by atoms with Crippen molar-refractivity contribution in [2.45, 2.75) is 44.5 Å². The van der Waals surface area contributed by atoms with Crippen molar-refractivity contribution >= 4 is 12.0 Å². The average Bonchev–Trinajstić information content (AvgIpc) is 2.66. The molecule has 2 fully saturated rings. The second-order valence-electron chi connectivity index (χ2n) is 7.08. The summed E-state index contributed by atoms with van der Waals surface area (Å²) in [5.74, 6) is -3.27. The lowest BCUT2D eigenvalue weighted by molar-refractivity contribution is -0.144. The molecule has 0 aliphatic carbocycles. The summed E-state index contributed by atoms with van der Waals surface area (Å²) >= 11 is 0. The van der Waals surface area contributed by atoms with E-state index < -0.39 is 48.8 Å². The van der Waals surface area contributed by atoms with Crippen LogP contribution in [0.2, 0.25) is 0 Å². The molecule has 2 aliphatic heterocycles. The predicted molar refractivity (Wildman–Crippen MR) is 76.0 cm³/mol. The summed E-state index contributed by atoms with van der Waals surface area (Å²) in [6.45, 7) is 3.81. The average molecular weight is 337 g/mol. The van der Waals surface area contributed by atoms with Gasteiger partial charge in [0.1, 0.15) is 11.8 Å². The molecule has 0 spiro atoms. The standard InChI is InChI=1S/C14H22F3N3O3/c1-13(2,3)23-12(22)20-4-9(15)10(5-20)18-11(21)6-19-7-14(16,17)8-19/h9-10H,4-8H2,1-3H3,(H,18,21)/t9-,10+/m1/s1. The first-order valence-electron chi connectivity index (χ1n) is 7.47. The van der Waals surface area contributed by atoms with Gasteiger partial charge in [-0.25, -0.2) is 18.0 Å². The molecule has 0 saturated carbocycles. The Bertz CT molecular complexity index is 474. The van der Waals surface area contributed by atoms with Gasteiger partial charge in [0.2, 0.25) is 5.91 Å². The van der Waals surface area contributed by atoms with Crippen LogP contribution in [0, 0.1) is 0 Å². The van der Waals surface area contributed by atoms with E-state index in [4.69, 9.17) is 4.74 Å². The molecule has 0 aromatic carbocycles. The van der Waals surface area contributed by atoms with E-state index in [9.17, 15) is 22.8 Å². The molecule has 2 atom stereocenters. The van der Waals surface area contributed by atoms with Crippen molar-refractivity contribution in [2.24, 2.45) is 0 Å². The first kappa shape index (κ1) is 17.8. The minimum Gasteiger partial charge on any atom is -0.444 e. The van der Waals surface area contributed by atoms with Crippen LogP contribution in [-0.2, 0) is 9.53 Å². The lowest BCUT2D eigenvalue weighted by Gasteiger charge is -2.38. The molecule has 1 N–H and O–H groups in total. The lowest BCUT2D eigenvalue weighted by atomic mass is 10.1. The van der Waals surface area contributed by atoms with Gasteiger partial charge in [-0.1, -0.05) is 0 Å². The van der Waals surface area contributed by atoms with E-state index in [1.54, 1.807) is 20.8 Å². The molecule has 9 heteroatoms. The van der Waals surface area contributed by atoms with Crippen LogP contribution in [0.15, 0.2) is 0 Å². The lowest BCUT2D eigenvalue weighted by Crippen LogP contribution is -2.59. The van der Waals surface area contributed by atoms with E-state index in [0.717, 1.165) is 0 Å². The van der Waals surface area contributed by atoms with Gasteiger partial charge < -0.3 is 15.0 Å². The van der Waals surface area contributed by atoms with Crippen LogP contribution in [0.5, 0.6) is 0 Å². The molecule has 2 aliphatic rings. The van der Waals surface area contributed by atoms with Crippen molar-refractivity contribution in [2.75, 3.05) is 32.7 Å². The molecule has 2 saturated heterocycles. The van der Waals surface area contributed by atoms with Gasteiger partial charge in [0, 0.05) is 6.54 Å². The maximum absolute atomic E-state index is 14.0. The first-order valence-corrected chi connectivity index (χ1v) is 7.47. The number of alkyl halides is 3. The fraction of sp³-hybridized carbons (Fsp3) is 0.857. The van der Waals surface area contributed by atoms with Gasteiger partial charge in [-0.2, -0.15) is 0 Å². The quantitative estimate of drug-likeness (QED) is 0.835. The zero-order chi connectivity index (χ0) is 17.4. The monoisotopic (exact) mass is 337 g/mol. The largest absolute Gasteiger partial charge is 0.444 e. The van der Waals surface area contributed by atoms with Crippen LogP contribution < -0.4 is 5.32 Å². The first-order chi connectivity index (χ1) is 10.5. The SMILES string of the molecule is CC(C)(C)OC(=O)N1C[C@@H](F)[C@@H](NC(=O)CN2CC(F)(F)C2)C1. The summed E-state index contributed by atoms with van der Waals surface area (Å²) in [4.78, 5) is 26.1. The number of hydrogen-bond donors (Lipinski definition) is 1. The van der Waals surface area contributed by atoms with Gasteiger partial charge in [-0.05, 0) is 20.8 Å². The fourth-order valence-corrected chi connectivity index (χ4v) is 2.55. The number of ether oxygens (including phenoxy) is 1. The molecular weight excluding hydrogens is 315 g/mol. The van der Waals surface area contributed by atoms with Gasteiger partial charge >= 0.3 is 6.09 Å². The molecule has 23 heavy (non-hydrogen) atoms. The topological polar surface area (TPSA) is 61.9 Å². The van der Waals surface area contributed by atoms with Gasteiger partial charge in [-0.15, -0.1) is 0 Å². The molecule has 2 heterocycles. The predicted octanol–water partition coefficient (Wildman–Crippen LogP) is 1.01. The molecule has 2 amide bonds. The third-order valence-corrected chi connectivity index (χ3v) is 3.52. The Kier molecular flexibility index (Phi) is 4.79. The molecule has 2 rings (SSSR count). The Morgan fingerprint density at radius 1 is 1.26 bits per heavy atom. The molecule has 0 radical (unpaired) electrons. The zero-order valence-electron chi connectivity index (χ0n) is 13.4. The van der Waals surface area contributed by atoms with E-state index in [-0.39, 0.29) is 19.6 Å². The van der Waals surface area contributed by atoms with Crippen LogP contribution in [0.4, 0.5) is 18.0 Å². The molecule has 0 aromatic rings. The third-order valence-electron chi connectivity index (χ3n) is 3.52. The molecule has 0 aromatic heterocycles. The van der Waals surface area contributed by atoms with Crippen LogP contribution >= 0.6 is 0 Å². The van der Waals surface area contributed by atoms with Gasteiger partial charge in [0.15, 0.2) is 0 Å². The molecular formula is C14H22F3N3O3. The van der Waals surface area contributed by atoms with E-state index in [0.29, 0.717) is 0 Å². The summed E-state index contributed by atoms with van der Waals surface area (Å²) < 4.78 is 44.5. The number of halogens is 3. The number of likely N-dealkylation sites (tertiary alicyclic amines) is 2. The van der Waals surface area contributed by atoms with Crippen LogP contribution in [-0.4, -0.2) is 78.3 Å². The van der Waals surface area contributed by atoms with Crippen molar-refractivity contribution in [3.05, 3.63) is 0 Å². The smallest absolute Gasteiger partial charge is 0.410 e. The van der Waals surface area contributed by atoms with Crippen molar-refractivity contribution < 1.29 is 27.5 Å². The maximum atomic E-state index is 14.0. The van der Waals surface area contributed by atoms with Crippen molar-refractivity contribution in [3.63, 3.8) is 0 Å². The minimum atomic E-state index is -2.75. The fourth-order valence-electron chi connectivity index (χ4n) is 2.55. The van der Waals surface area contributed by atoms with E-state index in [2.05, 4.69) is 5.32 Å². The van der Waals surface area contributed by atoms with Crippen molar-refractivity contribution in [1.29, 1.82) is 0 Å². The van der Waals surface area contributed by atoms with E-state index in [1.165, 1.54) is 9.80 Å². The van der Waals surface area contributed by atoms with Crippen LogP contribution in [0.3, 0.4) is 0 Å². The summed E-state index contributed by atoms with van der Waals surface area (Å²) in [6.07, 6.45) is -2.05. The normalized spacial score (nSPS) is 27.5. The summed E-state index contributed by atoms with van der Waals surface area (Å²) in [6, 6.07) is -0.850. The number of nitrogens with one attached hydrogen (secondary N) is 1. The minimum absolute atomic E-state index is 0.00200. The second-order valence-corrected chi connectivity index (χ2v) is 7.08. The number of carbonyl (C=O) groups excluding carboxylic acids is 2.